The summed E-state index contributed by atoms with van der Waals surface area (Å²) in [5.41, 5.74) is 4.58. The van der Waals surface area contributed by atoms with E-state index in [1.54, 1.807) is 12.1 Å². The number of hydrogen-bond acceptors (Lipinski definition) is 10. The van der Waals surface area contributed by atoms with Crippen LogP contribution in [0.3, 0.4) is 0 Å². The molecule has 0 amide bonds. The van der Waals surface area contributed by atoms with E-state index in [0.717, 1.165) is 38.8 Å². The quantitative estimate of drug-likeness (QED) is 0.177. The fourth-order valence-corrected chi connectivity index (χ4v) is 10.5. The highest BCUT2D eigenvalue weighted by atomic mass is 32.3. The molecule has 2 saturated heterocycles. The number of aliphatic hydroxyl groups is 2. The van der Waals surface area contributed by atoms with E-state index in [1.807, 2.05) is 24.3 Å². The molecule has 0 saturated carbocycles. The number of aromatic hydroxyl groups is 2. The first-order chi connectivity index (χ1) is 22.3. The minimum absolute atomic E-state index is 0.160. The number of likely N-dealkylation sites (N-methyl/N-ethyl adjacent to an activating group) is 2. The van der Waals surface area contributed by atoms with E-state index in [2.05, 4.69) is 36.0 Å². The first kappa shape index (κ1) is 31.1. The van der Waals surface area contributed by atoms with Crippen molar-refractivity contribution >= 4 is 10.4 Å². The van der Waals surface area contributed by atoms with E-state index < -0.39 is 22.6 Å². The summed E-state index contributed by atoms with van der Waals surface area (Å²) in [7, 11) is -0.291. The minimum atomic E-state index is -4.67. The van der Waals surface area contributed by atoms with Crippen molar-refractivity contribution in [3.05, 3.63) is 70.8 Å². The number of likely N-dealkylation sites (tertiary alicyclic amines) is 2. The van der Waals surface area contributed by atoms with Crippen LogP contribution in [0.4, 0.5) is 0 Å². The molecule has 8 aliphatic rings. The summed E-state index contributed by atoms with van der Waals surface area (Å²) in [6.45, 7) is 2.02. The van der Waals surface area contributed by atoms with Crippen molar-refractivity contribution < 1.29 is 47.4 Å². The Hall–Kier alpha value is -3.17. The molecule has 6 N–H and O–H groups in total. The molecule has 10 atom stereocenters. The molecule has 252 valence electrons. The third-order valence-corrected chi connectivity index (χ3v) is 12.3. The lowest BCUT2D eigenvalue weighted by Crippen LogP contribution is -2.64. The van der Waals surface area contributed by atoms with Crippen LogP contribution in [0.5, 0.6) is 23.0 Å². The molecule has 2 fully saturated rings. The van der Waals surface area contributed by atoms with Crippen LogP contribution in [-0.2, 0) is 34.1 Å². The van der Waals surface area contributed by atoms with Gasteiger partial charge in [-0.1, -0.05) is 36.4 Å². The van der Waals surface area contributed by atoms with Gasteiger partial charge in [-0.25, -0.2) is 0 Å². The molecule has 4 heterocycles. The van der Waals surface area contributed by atoms with E-state index in [1.165, 1.54) is 22.3 Å². The Morgan fingerprint density at radius 1 is 0.702 bits per heavy atom. The van der Waals surface area contributed by atoms with Crippen LogP contribution in [0.15, 0.2) is 48.6 Å². The van der Waals surface area contributed by atoms with Gasteiger partial charge < -0.3 is 39.7 Å². The summed E-state index contributed by atoms with van der Waals surface area (Å²) in [5, 5.41) is 41.3. The molecule has 13 heteroatoms. The Morgan fingerprint density at radius 3 is 1.47 bits per heavy atom. The topological polar surface area (TPSA) is 180 Å². The van der Waals surface area contributed by atoms with Gasteiger partial charge in [-0.2, -0.15) is 8.42 Å². The maximum Gasteiger partial charge on any atom is 0.394 e. The first-order valence-electron chi connectivity index (χ1n) is 16.1. The van der Waals surface area contributed by atoms with E-state index in [4.69, 9.17) is 27.0 Å². The van der Waals surface area contributed by atoms with Crippen LogP contribution in [0.2, 0.25) is 0 Å². The molecule has 10 unspecified atom stereocenters. The number of benzene rings is 2. The minimum Gasteiger partial charge on any atom is -0.504 e. The zero-order valence-corrected chi connectivity index (χ0v) is 26.9. The zero-order chi connectivity index (χ0) is 33.2. The first-order valence-corrected chi connectivity index (χ1v) is 17.5. The Bertz CT molecular complexity index is 1690. The van der Waals surface area contributed by atoms with Crippen molar-refractivity contribution in [2.24, 2.45) is 11.8 Å². The zero-order valence-electron chi connectivity index (χ0n) is 26.1. The maximum absolute atomic E-state index is 10.4. The predicted octanol–water partition coefficient (Wildman–Crippen LogP) is 1.74. The number of ether oxygens (including phenoxy) is 2. The van der Waals surface area contributed by atoms with E-state index in [0.29, 0.717) is 35.4 Å². The van der Waals surface area contributed by atoms with Gasteiger partial charge in [0.2, 0.25) is 0 Å². The number of aliphatic hydroxyl groups excluding tert-OH is 2. The van der Waals surface area contributed by atoms with Gasteiger partial charge in [-0.3, -0.25) is 9.11 Å². The van der Waals surface area contributed by atoms with Gasteiger partial charge in [0.25, 0.3) is 0 Å². The molecule has 2 aromatic carbocycles. The Balaban J connectivity index is 0.000000121. The summed E-state index contributed by atoms with van der Waals surface area (Å²) in [6.07, 6.45) is 10.4. The molecular formula is C34H40N2O10S. The summed E-state index contributed by atoms with van der Waals surface area (Å²) in [5.74, 6) is 2.38. The van der Waals surface area contributed by atoms with Crippen molar-refractivity contribution in [2.45, 2.75) is 73.0 Å². The van der Waals surface area contributed by atoms with Gasteiger partial charge in [0.15, 0.2) is 23.0 Å². The van der Waals surface area contributed by atoms with E-state index >= 15 is 0 Å². The molecule has 12 nitrogen and oxygen atoms in total. The van der Waals surface area contributed by atoms with Gasteiger partial charge >= 0.3 is 10.4 Å². The number of nitrogens with zero attached hydrogens (tertiary/aromatic N) is 2. The average molecular weight is 669 g/mol. The molecular weight excluding hydrogens is 628 g/mol. The highest BCUT2D eigenvalue weighted by molar-refractivity contribution is 7.79. The third-order valence-electron chi connectivity index (χ3n) is 12.3. The second kappa shape index (κ2) is 10.4. The van der Waals surface area contributed by atoms with Crippen LogP contribution in [0, 0.1) is 11.8 Å². The largest absolute Gasteiger partial charge is 0.504 e. The fraction of sp³-hybridized carbons (Fsp3) is 0.529. The van der Waals surface area contributed by atoms with Crippen LogP contribution < -0.4 is 9.47 Å². The summed E-state index contributed by atoms with van der Waals surface area (Å²) >= 11 is 0. The van der Waals surface area contributed by atoms with Gasteiger partial charge in [-0.05, 0) is 76.1 Å². The van der Waals surface area contributed by atoms with Crippen molar-refractivity contribution in [3.63, 3.8) is 0 Å². The summed E-state index contributed by atoms with van der Waals surface area (Å²) in [4.78, 5) is 4.87. The maximum atomic E-state index is 10.4. The van der Waals surface area contributed by atoms with Crippen LogP contribution in [0.25, 0.3) is 0 Å². The standard InChI is InChI=1S/2C17H19NO3.H2O4S/c2*1-18-7-6-17-10-3-5-13(20)16(17)21-15-12(19)4-2-9(14(15)17)8-11(10)18;1-5(2,3)4/h2*2-5,10-11,13,16,19-20H,6-8H2,1H3;(H2,1,2,3,4). The smallest absolute Gasteiger partial charge is 0.394 e. The molecule has 4 aliphatic heterocycles. The van der Waals surface area contributed by atoms with Crippen molar-refractivity contribution in [1.29, 1.82) is 0 Å². The second-order valence-corrected chi connectivity index (χ2v) is 15.2. The van der Waals surface area contributed by atoms with E-state index in [-0.39, 0.29) is 34.5 Å². The summed E-state index contributed by atoms with van der Waals surface area (Å²) < 4.78 is 43.8. The predicted molar refractivity (Wildman–Crippen MR) is 169 cm³/mol. The van der Waals surface area contributed by atoms with Gasteiger partial charge in [0, 0.05) is 45.9 Å². The lowest BCUT2D eigenvalue weighted by molar-refractivity contribution is -0.0453. The number of rotatable bonds is 0. The van der Waals surface area contributed by atoms with Crippen LogP contribution >= 0.6 is 0 Å². The van der Waals surface area contributed by atoms with Crippen LogP contribution in [0.1, 0.15) is 35.1 Å². The second-order valence-electron chi connectivity index (χ2n) is 14.3. The van der Waals surface area contributed by atoms with Gasteiger partial charge in [-0.15, -0.1) is 0 Å². The van der Waals surface area contributed by atoms with Crippen LogP contribution in [-0.4, -0.2) is 111 Å². The van der Waals surface area contributed by atoms with E-state index in [9.17, 15) is 20.4 Å². The van der Waals surface area contributed by atoms with Gasteiger partial charge in [0.1, 0.15) is 24.4 Å². The van der Waals surface area contributed by atoms with Crippen molar-refractivity contribution in [2.75, 3.05) is 27.2 Å². The Kier molecular flexibility index (Phi) is 6.90. The summed E-state index contributed by atoms with van der Waals surface area (Å²) in [6, 6.07) is 8.45. The molecule has 47 heavy (non-hydrogen) atoms. The number of phenolic OH excluding ortho intramolecular Hbond substituents is 2. The molecule has 0 aromatic heterocycles. The normalized spacial score (nSPS) is 39.3. The Morgan fingerprint density at radius 2 is 1.09 bits per heavy atom. The number of hydrogen-bond donors (Lipinski definition) is 6. The lowest BCUT2D eigenvalue weighted by Gasteiger charge is -2.56. The average Bonchev–Trinajstić information content (AvgIpc) is 3.56. The molecule has 4 bridgehead atoms. The molecule has 0 radical (unpaired) electrons. The molecule has 4 aliphatic carbocycles. The van der Waals surface area contributed by atoms with Gasteiger partial charge in [0.05, 0.1) is 0 Å². The monoisotopic (exact) mass is 668 g/mol. The molecule has 2 aromatic rings. The third kappa shape index (κ3) is 4.30. The van der Waals surface area contributed by atoms with Crippen molar-refractivity contribution in [1.82, 2.24) is 9.80 Å². The highest BCUT2D eigenvalue weighted by Gasteiger charge is 2.65. The lowest BCUT2D eigenvalue weighted by atomic mass is 9.53. The molecule has 10 rings (SSSR count). The number of phenols is 2. The number of piperidine rings is 2. The Labute approximate surface area is 273 Å². The highest BCUT2D eigenvalue weighted by Crippen LogP contribution is 2.63. The molecule has 2 spiro atoms. The van der Waals surface area contributed by atoms with Crippen molar-refractivity contribution in [3.8, 4) is 23.0 Å². The SMILES string of the molecule is CN1CCC23c4c5ccc(O)c4OC2C(O)C=CC3C1C5.CN1CCC23c4c5ccc(O)c4OC2C(O)C=CC3C1C5.O=S(=O)(O)O. The fourth-order valence-electron chi connectivity index (χ4n) is 10.5.